The first kappa shape index (κ1) is 19.5. The lowest BCUT2D eigenvalue weighted by Crippen LogP contribution is -2.52. The largest absolute Gasteiger partial charge is 0.365 e. The molecule has 0 N–H and O–H groups in total. The Labute approximate surface area is 183 Å². The van der Waals surface area contributed by atoms with Crippen molar-refractivity contribution < 1.29 is 0 Å². The molecule has 3 heterocycles. The molecule has 31 heavy (non-hydrogen) atoms. The molecule has 1 aliphatic heterocycles. The molecule has 2 aromatic carbocycles. The second kappa shape index (κ2) is 7.69. The summed E-state index contributed by atoms with van der Waals surface area (Å²) in [6.45, 7) is 11.4. The van der Waals surface area contributed by atoms with E-state index in [4.69, 9.17) is 0 Å². The van der Waals surface area contributed by atoms with E-state index in [0.29, 0.717) is 6.04 Å². The summed E-state index contributed by atoms with van der Waals surface area (Å²) in [5.74, 6) is 0.969. The smallest absolute Gasteiger partial charge is 0.168 e. The SMILES string of the molecule is Cc1cccc(N2CCN(c3ncnc4c3cnn4-c3ccc(C)cc3C)CC2C)c1. The molecule has 158 valence electrons. The molecule has 0 aliphatic carbocycles. The highest BCUT2D eigenvalue weighted by molar-refractivity contribution is 5.88. The van der Waals surface area contributed by atoms with Gasteiger partial charge in [0.1, 0.15) is 12.1 Å². The number of anilines is 2. The maximum atomic E-state index is 4.68. The van der Waals surface area contributed by atoms with Crippen LogP contribution in [0.25, 0.3) is 16.7 Å². The molecule has 0 spiro atoms. The zero-order chi connectivity index (χ0) is 21.5. The topological polar surface area (TPSA) is 50.1 Å². The van der Waals surface area contributed by atoms with Gasteiger partial charge in [0.2, 0.25) is 0 Å². The molecule has 0 bridgehead atoms. The Morgan fingerprint density at radius 3 is 2.55 bits per heavy atom. The van der Waals surface area contributed by atoms with Crippen LogP contribution in [0.4, 0.5) is 11.5 Å². The summed E-state index contributed by atoms with van der Waals surface area (Å²) < 4.78 is 1.93. The zero-order valence-electron chi connectivity index (χ0n) is 18.6. The maximum Gasteiger partial charge on any atom is 0.168 e. The summed E-state index contributed by atoms with van der Waals surface area (Å²) in [6.07, 6.45) is 3.57. The number of benzene rings is 2. The van der Waals surface area contributed by atoms with Crippen LogP contribution in [0.2, 0.25) is 0 Å². The Bertz CT molecular complexity index is 1240. The van der Waals surface area contributed by atoms with Gasteiger partial charge in [-0.15, -0.1) is 0 Å². The van der Waals surface area contributed by atoms with E-state index >= 15 is 0 Å². The summed E-state index contributed by atoms with van der Waals surface area (Å²) >= 11 is 0. The van der Waals surface area contributed by atoms with E-state index < -0.39 is 0 Å². The van der Waals surface area contributed by atoms with Crippen molar-refractivity contribution in [2.24, 2.45) is 0 Å². The summed E-state index contributed by atoms with van der Waals surface area (Å²) in [6, 6.07) is 15.5. The van der Waals surface area contributed by atoms with E-state index in [1.54, 1.807) is 6.33 Å². The standard InChI is InChI=1S/C25H28N6/c1-17-6-5-7-21(13-17)30-11-10-29(15-20(30)4)24-22-14-28-31(25(22)27-16-26-24)23-9-8-18(2)12-19(23)3/h5-9,12-14,16,20H,10-11,15H2,1-4H3. The minimum atomic E-state index is 0.384. The highest BCUT2D eigenvalue weighted by Crippen LogP contribution is 2.29. The van der Waals surface area contributed by atoms with Crippen LogP contribution in [0.5, 0.6) is 0 Å². The van der Waals surface area contributed by atoms with Crippen molar-refractivity contribution in [3.05, 3.63) is 71.7 Å². The molecule has 0 amide bonds. The molecule has 0 radical (unpaired) electrons. The molecule has 6 heteroatoms. The predicted molar refractivity (Wildman–Crippen MR) is 126 cm³/mol. The Hall–Kier alpha value is -3.41. The average Bonchev–Trinajstić information content (AvgIpc) is 3.18. The van der Waals surface area contributed by atoms with E-state index in [0.717, 1.165) is 42.2 Å². The second-order valence-corrected chi connectivity index (χ2v) is 8.61. The molecule has 1 fully saturated rings. The molecule has 2 aromatic heterocycles. The van der Waals surface area contributed by atoms with E-state index in [9.17, 15) is 0 Å². The van der Waals surface area contributed by atoms with E-state index in [2.05, 4.69) is 95.0 Å². The fourth-order valence-electron chi connectivity index (χ4n) is 4.64. The first-order valence-electron chi connectivity index (χ1n) is 10.9. The minimum absolute atomic E-state index is 0.384. The van der Waals surface area contributed by atoms with E-state index in [1.165, 1.54) is 22.4 Å². The van der Waals surface area contributed by atoms with Gasteiger partial charge in [0.15, 0.2) is 5.65 Å². The van der Waals surface area contributed by atoms with Gasteiger partial charge < -0.3 is 9.80 Å². The minimum Gasteiger partial charge on any atom is -0.365 e. The zero-order valence-corrected chi connectivity index (χ0v) is 18.6. The van der Waals surface area contributed by atoms with Crippen molar-refractivity contribution in [1.29, 1.82) is 0 Å². The van der Waals surface area contributed by atoms with Gasteiger partial charge in [-0.1, -0.05) is 29.8 Å². The number of hydrogen-bond donors (Lipinski definition) is 0. The van der Waals surface area contributed by atoms with Crippen LogP contribution in [0.1, 0.15) is 23.6 Å². The fourth-order valence-corrected chi connectivity index (χ4v) is 4.64. The lowest BCUT2D eigenvalue weighted by Gasteiger charge is -2.42. The van der Waals surface area contributed by atoms with Crippen LogP contribution < -0.4 is 9.80 Å². The first-order valence-corrected chi connectivity index (χ1v) is 10.9. The maximum absolute atomic E-state index is 4.68. The van der Waals surface area contributed by atoms with Crippen LogP contribution >= 0.6 is 0 Å². The number of aromatic nitrogens is 4. The number of aryl methyl sites for hydroxylation is 3. The third-order valence-corrected chi connectivity index (χ3v) is 6.19. The Morgan fingerprint density at radius 2 is 1.77 bits per heavy atom. The number of nitrogens with zero attached hydrogens (tertiary/aromatic N) is 6. The third-order valence-electron chi connectivity index (χ3n) is 6.19. The lowest BCUT2D eigenvalue weighted by atomic mass is 10.1. The van der Waals surface area contributed by atoms with Crippen molar-refractivity contribution in [2.75, 3.05) is 29.4 Å². The molecule has 1 atom stereocenters. The van der Waals surface area contributed by atoms with Crippen molar-refractivity contribution in [1.82, 2.24) is 19.7 Å². The Morgan fingerprint density at radius 1 is 0.935 bits per heavy atom. The monoisotopic (exact) mass is 412 g/mol. The van der Waals surface area contributed by atoms with Gasteiger partial charge in [-0.3, -0.25) is 0 Å². The average molecular weight is 413 g/mol. The predicted octanol–water partition coefficient (Wildman–Crippen LogP) is 4.46. The molecular weight excluding hydrogens is 384 g/mol. The van der Waals surface area contributed by atoms with Gasteiger partial charge in [-0.25, -0.2) is 14.6 Å². The van der Waals surface area contributed by atoms with Gasteiger partial charge >= 0.3 is 0 Å². The number of piperazine rings is 1. The van der Waals surface area contributed by atoms with Gasteiger partial charge in [-0.2, -0.15) is 5.10 Å². The van der Waals surface area contributed by atoms with Gasteiger partial charge in [0.25, 0.3) is 0 Å². The molecule has 4 aromatic rings. The third kappa shape index (κ3) is 3.52. The van der Waals surface area contributed by atoms with Crippen molar-refractivity contribution >= 4 is 22.5 Å². The summed E-state index contributed by atoms with van der Waals surface area (Å²) in [7, 11) is 0. The van der Waals surface area contributed by atoms with Crippen molar-refractivity contribution in [3.63, 3.8) is 0 Å². The Kier molecular flexibility index (Phi) is 4.85. The van der Waals surface area contributed by atoms with Crippen LogP contribution in [-0.2, 0) is 0 Å². The van der Waals surface area contributed by atoms with Gasteiger partial charge in [-0.05, 0) is 57.0 Å². The van der Waals surface area contributed by atoms with Crippen LogP contribution in [0.3, 0.4) is 0 Å². The number of fused-ring (bicyclic) bond motifs is 1. The molecular formula is C25H28N6. The summed E-state index contributed by atoms with van der Waals surface area (Å²) in [4.78, 5) is 14.1. The molecule has 1 aliphatic rings. The molecule has 0 saturated carbocycles. The molecule has 5 rings (SSSR count). The first-order chi connectivity index (χ1) is 15.0. The normalized spacial score (nSPS) is 16.8. The van der Waals surface area contributed by atoms with Gasteiger partial charge in [0.05, 0.1) is 17.3 Å². The second-order valence-electron chi connectivity index (χ2n) is 8.61. The van der Waals surface area contributed by atoms with Gasteiger partial charge in [0, 0.05) is 31.4 Å². The highest BCUT2D eigenvalue weighted by Gasteiger charge is 2.26. The van der Waals surface area contributed by atoms with Crippen molar-refractivity contribution in [3.8, 4) is 5.69 Å². The van der Waals surface area contributed by atoms with E-state index in [1.807, 2.05) is 10.9 Å². The van der Waals surface area contributed by atoms with Crippen molar-refractivity contribution in [2.45, 2.75) is 33.7 Å². The number of hydrogen-bond acceptors (Lipinski definition) is 5. The molecule has 1 saturated heterocycles. The number of rotatable bonds is 3. The summed E-state index contributed by atoms with van der Waals surface area (Å²) in [5, 5.41) is 5.68. The highest BCUT2D eigenvalue weighted by atomic mass is 15.3. The van der Waals surface area contributed by atoms with E-state index in [-0.39, 0.29) is 0 Å². The summed E-state index contributed by atoms with van der Waals surface area (Å²) in [5.41, 5.74) is 6.93. The Balaban J connectivity index is 1.46. The van der Waals surface area contributed by atoms with Crippen LogP contribution in [0.15, 0.2) is 55.0 Å². The quantitative estimate of drug-likeness (QED) is 0.497. The molecule has 6 nitrogen and oxygen atoms in total. The van der Waals surface area contributed by atoms with Crippen LogP contribution in [-0.4, -0.2) is 45.4 Å². The van der Waals surface area contributed by atoms with Crippen LogP contribution in [0, 0.1) is 20.8 Å². The molecule has 1 unspecified atom stereocenters. The fraction of sp³-hybridized carbons (Fsp3) is 0.320. The lowest BCUT2D eigenvalue weighted by molar-refractivity contribution is 0.548.